The van der Waals surface area contributed by atoms with Crippen molar-refractivity contribution in [2.24, 2.45) is 0 Å². The smallest absolute Gasteiger partial charge is 0.340 e. The van der Waals surface area contributed by atoms with Crippen LogP contribution in [0.1, 0.15) is 17.3 Å². The molecule has 0 atom stereocenters. The van der Waals surface area contributed by atoms with Crippen LogP contribution in [0, 0.1) is 0 Å². The van der Waals surface area contributed by atoms with Gasteiger partial charge < -0.3 is 10.5 Å². The van der Waals surface area contributed by atoms with E-state index in [4.69, 9.17) is 10.5 Å². The van der Waals surface area contributed by atoms with Gasteiger partial charge in [-0.25, -0.2) is 9.78 Å². The molecular formula is C11H11N3O2S. The number of carbonyl (C=O) groups is 1. The van der Waals surface area contributed by atoms with Crippen LogP contribution in [0.5, 0.6) is 0 Å². The van der Waals surface area contributed by atoms with Crippen molar-refractivity contribution in [3.63, 3.8) is 0 Å². The zero-order chi connectivity index (χ0) is 12.3. The number of esters is 1. The van der Waals surface area contributed by atoms with Crippen LogP contribution >= 0.6 is 11.3 Å². The molecule has 2 N–H and O–H groups in total. The van der Waals surface area contributed by atoms with Gasteiger partial charge in [0, 0.05) is 11.6 Å². The number of thiazole rings is 1. The summed E-state index contributed by atoms with van der Waals surface area (Å²) in [6, 6.07) is 3.35. The molecular weight excluding hydrogens is 238 g/mol. The summed E-state index contributed by atoms with van der Waals surface area (Å²) in [7, 11) is 0. The van der Waals surface area contributed by atoms with Crippen molar-refractivity contribution in [1.29, 1.82) is 0 Å². The molecule has 0 aliphatic rings. The van der Waals surface area contributed by atoms with Gasteiger partial charge in [-0.2, -0.15) is 0 Å². The van der Waals surface area contributed by atoms with Gasteiger partial charge in [0.05, 0.1) is 12.2 Å². The Morgan fingerprint density at radius 3 is 3.06 bits per heavy atom. The Bertz CT molecular complexity index is 539. The van der Waals surface area contributed by atoms with E-state index in [1.807, 2.05) is 0 Å². The number of hydrogen-bond donors (Lipinski definition) is 1. The van der Waals surface area contributed by atoms with Gasteiger partial charge >= 0.3 is 5.97 Å². The maximum atomic E-state index is 11.7. The topological polar surface area (TPSA) is 78.1 Å². The Morgan fingerprint density at radius 2 is 2.41 bits per heavy atom. The predicted octanol–water partition coefficient (Wildman–Crippen LogP) is 1.96. The number of carbonyl (C=O) groups excluding carboxylic acids is 1. The fraction of sp³-hybridized carbons (Fsp3) is 0.182. The van der Waals surface area contributed by atoms with Gasteiger partial charge in [0.1, 0.15) is 11.4 Å². The van der Waals surface area contributed by atoms with E-state index in [1.54, 1.807) is 30.6 Å². The largest absolute Gasteiger partial charge is 0.462 e. The van der Waals surface area contributed by atoms with E-state index in [0.29, 0.717) is 28.7 Å². The molecule has 2 aromatic rings. The molecule has 0 aromatic carbocycles. The van der Waals surface area contributed by atoms with E-state index < -0.39 is 5.97 Å². The normalized spacial score (nSPS) is 10.2. The maximum absolute atomic E-state index is 11.7. The highest BCUT2D eigenvalue weighted by molar-refractivity contribution is 7.13. The molecule has 0 fully saturated rings. The number of hydrogen-bond acceptors (Lipinski definition) is 6. The molecule has 2 rings (SSSR count). The molecule has 17 heavy (non-hydrogen) atoms. The summed E-state index contributed by atoms with van der Waals surface area (Å²) >= 11 is 1.31. The lowest BCUT2D eigenvalue weighted by molar-refractivity contribution is 0.0527. The zero-order valence-corrected chi connectivity index (χ0v) is 10.0. The fourth-order valence-electron chi connectivity index (χ4n) is 1.38. The van der Waals surface area contributed by atoms with Crippen molar-refractivity contribution in [2.75, 3.05) is 12.3 Å². The minimum atomic E-state index is -0.401. The summed E-state index contributed by atoms with van der Waals surface area (Å²) in [4.78, 5) is 20.0. The molecule has 2 heterocycles. The molecule has 0 amide bonds. The van der Waals surface area contributed by atoms with Crippen LogP contribution in [0.15, 0.2) is 23.7 Å². The molecule has 0 bridgehead atoms. The molecule has 6 heteroatoms. The number of pyridine rings is 1. The van der Waals surface area contributed by atoms with Crippen molar-refractivity contribution in [3.8, 4) is 11.4 Å². The van der Waals surface area contributed by atoms with E-state index in [-0.39, 0.29) is 0 Å². The second-order valence-electron chi connectivity index (χ2n) is 3.19. The number of aromatic nitrogens is 2. The van der Waals surface area contributed by atoms with Crippen LogP contribution in [0.2, 0.25) is 0 Å². The van der Waals surface area contributed by atoms with Gasteiger partial charge in [-0.05, 0) is 19.1 Å². The van der Waals surface area contributed by atoms with E-state index in [9.17, 15) is 4.79 Å². The summed E-state index contributed by atoms with van der Waals surface area (Å²) < 4.78 is 4.96. The van der Waals surface area contributed by atoms with E-state index in [0.717, 1.165) is 0 Å². The minimum absolute atomic E-state index is 0.326. The second kappa shape index (κ2) is 4.92. The first-order valence-corrected chi connectivity index (χ1v) is 5.94. The molecule has 0 spiro atoms. The summed E-state index contributed by atoms with van der Waals surface area (Å²) in [5.74, 6) is -0.401. The third kappa shape index (κ3) is 2.42. The van der Waals surface area contributed by atoms with Crippen molar-refractivity contribution >= 4 is 22.4 Å². The highest BCUT2D eigenvalue weighted by Crippen LogP contribution is 2.24. The molecule has 0 radical (unpaired) electrons. The van der Waals surface area contributed by atoms with E-state index in [2.05, 4.69) is 9.97 Å². The van der Waals surface area contributed by atoms with Crippen LogP contribution in [0.25, 0.3) is 11.4 Å². The van der Waals surface area contributed by atoms with Gasteiger partial charge in [0.2, 0.25) is 0 Å². The Kier molecular flexibility index (Phi) is 3.34. The highest BCUT2D eigenvalue weighted by Gasteiger charge is 2.16. The van der Waals surface area contributed by atoms with Crippen LogP contribution in [0.4, 0.5) is 5.13 Å². The number of rotatable bonds is 3. The molecule has 0 saturated carbocycles. The van der Waals surface area contributed by atoms with Crippen molar-refractivity contribution in [3.05, 3.63) is 29.3 Å². The minimum Gasteiger partial charge on any atom is -0.462 e. The van der Waals surface area contributed by atoms with Gasteiger partial charge in [0.15, 0.2) is 5.13 Å². The van der Waals surface area contributed by atoms with Crippen LogP contribution in [-0.4, -0.2) is 22.5 Å². The van der Waals surface area contributed by atoms with Crippen molar-refractivity contribution in [2.45, 2.75) is 6.92 Å². The zero-order valence-electron chi connectivity index (χ0n) is 9.21. The summed E-state index contributed by atoms with van der Waals surface area (Å²) in [6.45, 7) is 2.08. The van der Waals surface area contributed by atoms with Crippen LogP contribution < -0.4 is 5.73 Å². The first-order valence-electron chi connectivity index (χ1n) is 5.06. The SMILES string of the molecule is CCOC(=O)c1cccnc1-c1csc(N)n1. The van der Waals surface area contributed by atoms with Crippen molar-refractivity contribution in [1.82, 2.24) is 9.97 Å². The number of nitrogens with zero attached hydrogens (tertiary/aromatic N) is 2. The van der Waals surface area contributed by atoms with Crippen LogP contribution in [0.3, 0.4) is 0 Å². The molecule has 88 valence electrons. The number of anilines is 1. The Hall–Kier alpha value is -1.95. The molecule has 0 aliphatic carbocycles. The quantitative estimate of drug-likeness (QED) is 0.841. The number of nitrogens with two attached hydrogens (primary N) is 1. The first-order chi connectivity index (χ1) is 8.22. The summed E-state index contributed by atoms with van der Waals surface area (Å²) in [6.07, 6.45) is 1.60. The molecule has 0 unspecified atom stereocenters. The van der Waals surface area contributed by atoms with Gasteiger partial charge in [0.25, 0.3) is 0 Å². The predicted molar refractivity (Wildman–Crippen MR) is 65.7 cm³/mol. The average molecular weight is 249 g/mol. The van der Waals surface area contributed by atoms with E-state index >= 15 is 0 Å². The number of ether oxygens (including phenoxy) is 1. The van der Waals surface area contributed by atoms with E-state index in [1.165, 1.54) is 11.3 Å². The standard InChI is InChI=1S/C11H11N3O2S/c1-2-16-10(15)7-4-3-5-13-9(7)8-6-17-11(12)14-8/h3-6H,2H2,1H3,(H2,12,14). The van der Waals surface area contributed by atoms with Gasteiger partial charge in [-0.15, -0.1) is 11.3 Å². The second-order valence-corrected chi connectivity index (χ2v) is 4.08. The monoisotopic (exact) mass is 249 g/mol. The molecule has 2 aromatic heterocycles. The molecule has 0 aliphatic heterocycles. The first kappa shape index (κ1) is 11.5. The maximum Gasteiger partial charge on any atom is 0.340 e. The fourth-order valence-corrected chi connectivity index (χ4v) is 1.93. The number of nitrogen functional groups attached to an aromatic ring is 1. The van der Waals surface area contributed by atoms with Crippen molar-refractivity contribution < 1.29 is 9.53 Å². The Labute approximate surface area is 102 Å². The molecule has 5 nitrogen and oxygen atoms in total. The lowest BCUT2D eigenvalue weighted by atomic mass is 10.1. The highest BCUT2D eigenvalue weighted by atomic mass is 32.1. The summed E-state index contributed by atoms with van der Waals surface area (Å²) in [5.41, 5.74) is 7.06. The lowest BCUT2D eigenvalue weighted by Crippen LogP contribution is -2.07. The lowest BCUT2D eigenvalue weighted by Gasteiger charge is -2.05. The molecule has 0 saturated heterocycles. The third-order valence-electron chi connectivity index (χ3n) is 2.07. The van der Waals surface area contributed by atoms with Gasteiger partial charge in [-0.3, -0.25) is 4.98 Å². The van der Waals surface area contributed by atoms with Crippen LogP contribution in [-0.2, 0) is 4.74 Å². The third-order valence-corrected chi connectivity index (χ3v) is 2.74. The van der Waals surface area contributed by atoms with Gasteiger partial charge in [-0.1, -0.05) is 0 Å². The summed E-state index contributed by atoms with van der Waals surface area (Å²) in [5, 5.41) is 2.21. The Morgan fingerprint density at radius 1 is 1.59 bits per heavy atom. The average Bonchev–Trinajstić information content (AvgIpc) is 2.76. The Balaban J connectivity index is 2.44.